The fourth-order valence-corrected chi connectivity index (χ4v) is 2.26. The van der Waals surface area contributed by atoms with E-state index >= 15 is 0 Å². The first-order valence-electron chi connectivity index (χ1n) is 8.10. The molecule has 0 aliphatic rings. The maximum absolute atomic E-state index is 12.3. The molecule has 7 heteroatoms. The number of carbonyl (C=O) groups excluding carboxylic acids is 1. The van der Waals surface area contributed by atoms with E-state index in [1.54, 1.807) is 0 Å². The van der Waals surface area contributed by atoms with E-state index in [1.165, 1.54) is 25.3 Å². The topological polar surface area (TPSA) is 56.8 Å². The Labute approximate surface area is 150 Å². The van der Waals surface area contributed by atoms with Gasteiger partial charge in [-0.25, -0.2) is 0 Å². The summed E-state index contributed by atoms with van der Waals surface area (Å²) in [6.45, 7) is 0.517. The van der Waals surface area contributed by atoms with E-state index in [0.29, 0.717) is 19.8 Å². The van der Waals surface area contributed by atoms with E-state index in [1.807, 2.05) is 31.2 Å². The number of nitrogens with one attached hydrogen (secondary N) is 1. The van der Waals surface area contributed by atoms with Crippen molar-refractivity contribution < 1.29 is 27.8 Å². The van der Waals surface area contributed by atoms with Crippen molar-refractivity contribution >= 4 is 5.91 Å². The molecular weight excluding hydrogens is 344 g/mol. The highest BCUT2D eigenvalue weighted by Gasteiger charge is 2.14. The molecule has 5 nitrogen and oxygen atoms in total. The van der Waals surface area contributed by atoms with Crippen LogP contribution in [0.25, 0.3) is 0 Å². The van der Waals surface area contributed by atoms with E-state index < -0.39 is 6.61 Å². The third-order valence-electron chi connectivity index (χ3n) is 3.59. The molecule has 0 saturated heterocycles. The Morgan fingerprint density at radius 1 is 1.08 bits per heavy atom. The van der Waals surface area contributed by atoms with Gasteiger partial charge in [0, 0.05) is 18.7 Å². The van der Waals surface area contributed by atoms with E-state index in [4.69, 9.17) is 9.47 Å². The maximum Gasteiger partial charge on any atom is 0.387 e. The van der Waals surface area contributed by atoms with Gasteiger partial charge in [0.25, 0.3) is 5.91 Å². The van der Waals surface area contributed by atoms with Crippen LogP contribution in [-0.2, 0) is 17.9 Å². The van der Waals surface area contributed by atoms with Gasteiger partial charge >= 0.3 is 6.61 Å². The fourth-order valence-electron chi connectivity index (χ4n) is 2.26. The lowest BCUT2D eigenvalue weighted by atomic mass is 10.1. The Hall–Kier alpha value is -2.67. The number of hydrogen-bond donors (Lipinski definition) is 1. The highest BCUT2D eigenvalue weighted by atomic mass is 19.3. The second-order valence-corrected chi connectivity index (χ2v) is 5.38. The van der Waals surface area contributed by atoms with Crippen LogP contribution < -0.4 is 14.8 Å². The Morgan fingerprint density at radius 3 is 2.38 bits per heavy atom. The van der Waals surface area contributed by atoms with Crippen molar-refractivity contribution in [1.29, 1.82) is 0 Å². The third-order valence-corrected chi connectivity index (χ3v) is 3.59. The number of ether oxygens (including phenoxy) is 3. The summed E-state index contributed by atoms with van der Waals surface area (Å²) in [7, 11) is 1.32. The molecule has 1 N–H and O–H groups in total. The van der Waals surface area contributed by atoms with Crippen LogP contribution >= 0.6 is 0 Å². The molecule has 0 saturated carbocycles. The van der Waals surface area contributed by atoms with E-state index in [0.717, 1.165) is 11.1 Å². The molecule has 0 radical (unpaired) electrons. The lowest BCUT2D eigenvalue weighted by Gasteiger charge is -2.12. The van der Waals surface area contributed by atoms with Crippen LogP contribution in [0.3, 0.4) is 0 Å². The molecule has 0 fully saturated rings. The molecule has 0 unspecified atom stereocenters. The number of hydrogen-bond acceptors (Lipinski definition) is 4. The van der Waals surface area contributed by atoms with Gasteiger partial charge in [-0.15, -0.1) is 0 Å². The number of halogens is 2. The lowest BCUT2D eigenvalue weighted by Crippen LogP contribution is -2.22. The van der Waals surface area contributed by atoms with Crippen LogP contribution in [0.1, 0.15) is 28.4 Å². The van der Waals surface area contributed by atoms with Crippen LogP contribution in [0.5, 0.6) is 11.5 Å². The van der Waals surface area contributed by atoms with E-state index in [-0.39, 0.29) is 23.0 Å². The fraction of sp³-hybridized carbons (Fsp3) is 0.316. The molecule has 0 aromatic heterocycles. The molecule has 2 aromatic carbocycles. The standard InChI is InChI=1S/C19H21F2NO4/c1-3-25-12-14-6-4-13(5-7-14)11-22-18(23)15-8-9-16(26-19(20)21)17(10-15)24-2/h4-10,19H,3,11-12H2,1-2H3,(H,22,23). The monoisotopic (exact) mass is 365 g/mol. The molecule has 140 valence electrons. The smallest absolute Gasteiger partial charge is 0.387 e. The Kier molecular flexibility index (Phi) is 7.35. The molecule has 0 aliphatic heterocycles. The third kappa shape index (κ3) is 5.70. The normalized spacial score (nSPS) is 10.7. The Balaban J connectivity index is 1.97. The van der Waals surface area contributed by atoms with Gasteiger partial charge in [-0.1, -0.05) is 24.3 Å². The van der Waals surface area contributed by atoms with Crippen LogP contribution in [0.4, 0.5) is 8.78 Å². The minimum atomic E-state index is -2.96. The van der Waals surface area contributed by atoms with Crippen molar-refractivity contribution in [1.82, 2.24) is 5.32 Å². The van der Waals surface area contributed by atoms with Crippen molar-refractivity contribution in [3.05, 3.63) is 59.2 Å². The highest BCUT2D eigenvalue weighted by Crippen LogP contribution is 2.29. The zero-order chi connectivity index (χ0) is 18.9. The minimum Gasteiger partial charge on any atom is -0.493 e. The van der Waals surface area contributed by atoms with Gasteiger partial charge in [-0.2, -0.15) is 8.78 Å². The van der Waals surface area contributed by atoms with Gasteiger partial charge in [-0.3, -0.25) is 4.79 Å². The summed E-state index contributed by atoms with van der Waals surface area (Å²) >= 11 is 0. The van der Waals surface area contributed by atoms with Gasteiger partial charge in [0.05, 0.1) is 13.7 Å². The molecule has 2 rings (SSSR count). The second kappa shape index (κ2) is 9.72. The molecular formula is C19H21F2NO4. The average Bonchev–Trinajstić information content (AvgIpc) is 2.65. The number of rotatable bonds is 9. The summed E-state index contributed by atoms with van der Waals surface area (Å²) in [5.41, 5.74) is 2.28. The summed E-state index contributed by atoms with van der Waals surface area (Å²) < 4.78 is 39.3. The number of carbonyl (C=O) groups is 1. The maximum atomic E-state index is 12.3. The van der Waals surface area contributed by atoms with Crippen molar-refractivity contribution in [2.45, 2.75) is 26.7 Å². The summed E-state index contributed by atoms with van der Waals surface area (Å²) in [5.74, 6) is -0.396. The number of alkyl halides is 2. The lowest BCUT2D eigenvalue weighted by molar-refractivity contribution is -0.0512. The van der Waals surface area contributed by atoms with Gasteiger partial charge in [-0.05, 0) is 36.2 Å². The molecule has 0 spiro atoms. The molecule has 0 atom stereocenters. The predicted octanol–water partition coefficient (Wildman–Crippen LogP) is 3.76. The summed E-state index contributed by atoms with van der Waals surface area (Å²) in [5, 5.41) is 2.77. The average molecular weight is 365 g/mol. The van der Waals surface area contributed by atoms with Gasteiger partial charge in [0.1, 0.15) is 0 Å². The van der Waals surface area contributed by atoms with Crippen LogP contribution in [0.15, 0.2) is 42.5 Å². The van der Waals surface area contributed by atoms with Crippen molar-refractivity contribution in [2.24, 2.45) is 0 Å². The molecule has 26 heavy (non-hydrogen) atoms. The Morgan fingerprint density at radius 2 is 1.77 bits per heavy atom. The number of benzene rings is 2. The first-order chi connectivity index (χ1) is 12.5. The highest BCUT2D eigenvalue weighted by molar-refractivity contribution is 5.94. The molecule has 0 aliphatic carbocycles. The largest absolute Gasteiger partial charge is 0.493 e. The summed E-state index contributed by atoms with van der Waals surface area (Å²) in [4.78, 5) is 12.3. The van der Waals surface area contributed by atoms with E-state index in [9.17, 15) is 13.6 Å². The predicted molar refractivity (Wildman–Crippen MR) is 92.6 cm³/mol. The first kappa shape index (κ1) is 19.7. The molecule has 0 heterocycles. The Bertz CT molecular complexity index is 720. The van der Waals surface area contributed by atoms with Gasteiger partial charge < -0.3 is 19.5 Å². The minimum absolute atomic E-state index is 0.0678. The molecule has 2 aromatic rings. The van der Waals surface area contributed by atoms with Crippen LogP contribution in [0.2, 0.25) is 0 Å². The van der Waals surface area contributed by atoms with Crippen molar-refractivity contribution in [3.8, 4) is 11.5 Å². The molecule has 0 bridgehead atoms. The van der Waals surface area contributed by atoms with Crippen molar-refractivity contribution in [2.75, 3.05) is 13.7 Å². The van der Waals surface area contributed by atoms with Crippen LogP contribution in [-0.4, -0.2) is 26.2 Å². The second-order valence-electron chi connectivity index (χ2n) is 5.38. The summed E-state index contributed by atoms with van der Waals surface area (Å²) in [6, 6.07) is 11.7. The zero-order valence-electron chi connectivity index (χ0n) is 14.6. The van der Waals surface area contributed by atoms with Gasteiger partial charge in [0.15, 0.2) is 11.5 Å². The van der Waals surface area contributed by atoms with Crippen molar-refractivity contribution in [3.63, 3.8) is 0 Å². The SMILES string of the molecule is CCOCc1ccc(CNC(=O)c2ccc(OC(F)F)c(OC)c2)cc1. The van der Waals surface area contributed by atoms with E-state index in [2.05, 4.69) is 10.1 Å². The number of amides is 1. The number of methoxy groups -OCH3 is 1. The molecule has 1 amide bonds. The van der Waals surface area contributed by atoms with Gasteiger partial charge in [0.2, 0.25) is 0 Å². The van der Waals surface area contributed by atoms with Crippen LogP contribution in [0, 0.1) is 0 Å². The first-order valence-corrected chi connectivity index (χ1v) is 8.10. The zero-order valence-corrected chi connectivity index (χ0v) is 14.6. The quantitative estimate of drug-likeness (QED) is 0.735. The summed E-state index contributed by atoms with van der Waals surface area (Å²) in [6.07, 6.45) is 0.